The molecule has 2 rings (SSSR count). The summed E-state index contributed by atoms with van der Waals surface area (Å²) in [6, 6.07) is 9.81. The van der Waals surface area contributed by atoms with E-state index in [1.165, 1.54) is 0 Å². The Hall–Kier alpha value is -1.83. The van der Waals surface area contributed by atoms with Crippen molar-refractivity contribution in [2.24, 2.45) is 0 Å². The van der Waals surface area contributed by atoms with Gasteiger partial charge in [-0.25, -0.2) is 0 Å². The van der Waals surface area contributed by atoms with Crippen LogP contribution in [-0.2, 0) is 0 Å². The van der Waals surface area contributed by atoms with Crippen LogP contribution in [0.4, 0.5) is 0 Å². The monoisotopic (exact) mass is 214 g/mol. The maximum absolute atomic E-state index is 11.4. The van der Waals surface area contributed by atoms with E-state index in [2.05, 4.69) is 0 Å². The van der Waals surface area contributed by atoms with Crippen LogP contribution in [0.5, 0.6) is 5.75 Å². The van der Waals surface area contributed by atoms with Crippen LogP contribution in [0.25, 0.3) is 10.8 Å². The zero-order valence-electron chi connectivity index (χ0n) is 9.70. The summed E-state index contributed by atoms with van der Waals surface area (Å²) in [4.78, 5) is 11.4. The van der Waals surface area contributed by atoms with Crippen LogP contribution >= 0.6 is 0 Å². The van der Waals surface area contributed by atoms with Crippen molar-refractivity contribution in [1.82, 2.24) is 0 Å². The first-order chi connectivity index (χ1) is 7.61. The van der Waals surface area contributed by atoms with Gasteiger partial charge in [0.05, 0.1) is 7.11 Å². The van der Waals surface area contributed by atoms with Crippen molar-refractivity contribution in [1.29, 1.82) is 0 Å². The maximum Gasteiger partial charge on any atom is 0.160 e. The first-order valence-corrected chi connectivity index (χ1v) is 5.21. The van der Waals surface area contributed by atoms with Gasteiger partial charge in [-0.15, -0.1) is 0 Å². The third-order valence-corrected chi connectivity index (χ3v) is 2.77. The van der Waals surface area contributed by atoms with Crippen LogP contribution in [0.15, 0.2) is 30.3 Å². The molecule has 0 aliphatic heterocycles. The molecule has 0 saturated carbocycles. The second kappa shape index (κ2) is 3.97. The Morgan fingerprint density at radius 2 is 1.88 bits per heavy atom. The Labute approximate surface area is 94.8 Å². The third-order valence-electron chi connectivity index (χ3n) is 2.77. The highest BCUT2D eigenvalue weighted by molar-refractivity contribution is 6.00. The lowest BCUT2D eigenvalue weighted by Crippen LogP contribution is -1.96. The van der Waals surface area contributed by atoms with Crippen LogP contribution in [-0.4, -0.2) is 12.9 Å². The van der Waals surface area contributed by atoms with Crippen molar-refractivity contribution in [3.63, 3.8) is 0 Å². The number of methoxy groups -OCH3 is 1. The van der Waals surface area contributed by atoms with E-state index in [9.17, 15) is 4.79 Å². The Kier molecular flexibility index (Phi) is 2.65. The molecule has 0 amide bonds. The minimum absolute atomic E-state index is 0.107. The summed E-state index contributed by atoms with van der Waals surface area (Å²) in [7, 11) is 1.65. The smallest absolute Gasteiger partial charge is 0.160 e. The number of carbonyl (C=O) groups excluding carboxylic acids is 1. The Balaban J connectivity index is 2.68. The second-order valence-corrected chi connectivity index (χ2v) is 3.94. The molecule has 2 nitrogen and oxygen atoms in total. The average molecular weight is 214 g/mol. The predicted octanol–water partition coefficient (Wildman–Crippen LogP) is 3.36. The molecule has 0 aliphatic rings. The van der Waals surface area contributed by atoms with Gasteiger partial charge in [-0.2, -0.15) is 0 Å². The first kappa shape index (κ1) is 10.7. The van der Waals surface area contributed by atoms with Gasteiger partial charge in [0.2, 0.25) is 0 Å². The topological polar surface area (TPSA) is 26.3 Å². The number of aryl methyl sites for hydroxylation is 1. The Morgan fingerprint density at radius 3 is 2.50 bits per heavy atom. The maximum atomic E-state index is 11.4. The van der Waals surface area contributed by atoms with Gasteiger partial charge in [0, 0.05) is 5.56 Å². The average Bonchev–Trinajstić information content (AvgIpc) is 2.27. The number of Topliss-reactive ketones (excluding diaryl/α,β-unsaturated/α-hetero) is 1. The van der Waals surface area contributed by atoms with Crippen LogP contribution in [0.2, 0.25) is 0 Å². The molecule has 2 heteroatoms. The van der Waals surface area contributed by atoms with E-state index in [1.807, 2.05) is 37.3 Å². The number of hydrogen-bond acceptors (Lipinski definition) is 2. The molecule has 0 unspecified atom stereocenters. The van der Waals surface area contributed by atoms with Crippen molar-refractivity contribution in [2.45, 2.75) is 13.8 Å². The van der Waals surface area contributed by atoms with E-state index < -0.39 is 0 Å². The number of ketones is 1. The number of carbonyl (C=O) groups is 1. The third kappa shape index (κ3) is 1.78. The van der Waals surface area contributed by atoms with Crippen LogP contribution in [0.3, 0.4) is 0 Å². The van der Waals surface area contributed by atoms with E-state index >= 15 is 0 Å². The molecule has 82 valence electrons. The lowest BCUT2D eigenvalue weighted by molar-refractivity contribution is 0.101. The molecule has 0 spiro atoms. The molecule has 0 bridgehead atoms. The summed E-state index contributed by atoms with van der Waals surface area (Å²) < 4.78 is 5.17. The summed E-state index contributed by atoms with van der Waals surface area (Å²) in [6.45, 7) is 3.55. The number of fused-ring (bicyclic) bond motifs is 1. The van der Waals surface area contributed by atoms with Gasteiger partial charge >= 0.3 is 0 Å². The molecule has 16 heavy (non-hydrogen) atoms. The van der Waals surface area contributed by atoms with Gasteiger partial charge in [-0.05, 0) is 48.4 Å². The highest BCUT2D eigenvalue weighted by atomic mass is 16.5. The Morgan fingerprint density at radius 1 is 1.12 bits per heavy atom. The molecule has 0 aromatic heterocycles. The van der Waals surface area contributed by atoms with Gasteiger partial charge in [0.25, 0.3) is 0 Å². The van der Waals surface area contributed by atoms with Crippen LogP contribution in [0, 0.1) is 6.92 Å². The molecule has 0 fully saturated rings. The van der Waals surface area contributed by atoms with E-state index in [0.29, 0.717) is 0 Å². The van der Waals surface area contributed by atoms with Gasteiger partial charge in [0.1, 0.15) is 5.75 Å². The zero-order valence-corrected chi connectivity index (χ0v) is 9.70. The van der Waals surface area contributed by atoms with Crippen molar-refractivity contribution in [3.8, 4) is 5.75 Å². The molecule has 0 N–H and O–H groups in total. The summed E-state index contributed by atoms with van der Waals surface area (Å²) >= 11 is 0. The summed E-state index contributed by atoms with van der Waals surface area (Å²) in [6.07, 6.45) is 0. The largest absolute Gasteiger partial charge is 0.497 e. The first-order valence-electron chi connectivity index (χ1n) is 5.21. The van der Waals surface area contributed by atoms with Crippen molar-refractivity contribution >= 4 is 16.6 Å². The van der Waals surface area contributed by atoms with Gasteiger partial charge in [-0.3, -0.25) is 4.79 Å². The van der Waals surface area contributed by atoms with Gasteiger partial charge in [-0.1, -0.05) is 12.1 Å². The van der Waals surface area contributed by atoms with E-state index in [1.54, 1.807) is 14.0 Å². The number of hydrogen-bond donors (Lipinski definition) is 0. The van der Waals surface area contributed by atoms with Crippen molar-refractivity contribution in [3.05, 3.63) is 41.5 Å². The van der Waals surface area contributed by atoms with Crippen LogP contribution < -0.4 is 4.74 Å². The second-order valence-electron chi connectivity index (χ2n) is 3.94. The minimum Gasteiger partial charge on any atom is -0.497 e. The Bertz CT molecular complexity index is 556. The van der Waals surface area contributed by atoms with E-state index in [-0.39, 0.29) is 5.78 Å². The molecule has 0 saturated heterocycles. The van der Waals surface area contributed by atoms with E-state index in [0.717, 1.165) is 27.6 Å². The quantitative estimate of drug-likeness (QED) is 0.716. The molecule has 0 atom stereocenters. The number of rotatable bonds is 2. The standard InChI is InChI=1S/C14H14O2/c1-9-6-12-7-13(16-3)5-4-11(12)8-14(9)10(2)15/h4-8H,1-3H3. The summed E-state index contributed by atoms with van der Waals surface area (Å²) in [5, 5.41) is 2.17. The molecular formula is C14H14O2. The molecule has 2 aromatic carbocycles. The fourth-order valence-electron chi connectivity index (χ4n) is 1.90. The molecular weight excluding hydrogens is 200 g/mol. The highest BCUT2D eigenvalue weighted by Gasteiger charge is 2.06. The minimum atomic E-state index is 0.107. The molecule has 0 heterocycles. The normalized spacial score (nSPS) is 10.4. The fourth-order valence-corrected chi connectivity index (χ4v) is 1.90. The number of ether oxygens (including phenoxy) is 1. The lowest BCUT2D eigenvalue weighted by atomic mass is 9.99. The summed E-state index contributed by atoms with van der Waals surface area (Å²) in [5.41, 5.74) is 1.80. The SMILES string of the molecule is COc1ccc2cc(C(C)=O)c(C)cc2c1. The molecule has 0 radical (unpaired) electrons. The summed E-state index contributed by atoms with van der Waals surface area (Å²) in [5.74, 6) is 0.942. The molecule has 0 aliphatic carbocycles. The zero-order chi connectivity index (χ0) is 11.7. The van der Waals surface area contributed by atoms with Crippen molar-refractivity contribution in [2.75, 3.05) is 7.11 Å². The van der Waals surface area contributed by atoms with Crippen molar-refractivity contribution < 1.29 is 9.53 Å². The predicted molar refractivity (Wildman–Crippen MR) is 65.2 cm³/mol. The number of benzene rings is 2. The van der Waals surface area contributed by atoms with Gasteiger partial charge < -0.3 is 4.74 Å². The highest BCUT2D eigenvalue weighted by Crippen LogP contribution is 2.24. The van der Waals surface area contributed by atoms with Gasteiger partial charge in [0.15, 0.2) is 5.78 Å². The molecule has 2 aromatic rings. The fraction of sp³-hybridized carbons (Fsp3) is 0.214. The van der Waals surface area contributed by atoms with E-state index in [4.69, 9.17) is 4.74 Å². The lowest BCUT2D eigenvalue weighted by Gasteiger charge is -2.07. The van der Waals surface area contributed by atoms with Crippen LogP contribution in [0.1, 0.15) is 22.8 Å².